The van der Waals surface area contributed by atoms with E-state index in [-0.39, 0.29) is 5.82 Å². The van der Waals surface area contributed by atoms with Gasteiger partial charge in [0, 0.05) is 5.56 Å². The monoisotopic (exact) mass is 382 g/mol. The van der Waals surface area contributed by atoms with E-state index < -0.39 is 0 Å². The van der Waals surface area contributed by atoms with Crippen LogP contribution in [-0.4, -0.2) is 30.0 Å². The van der Waals surface area contributed by atoms with E-state index in [2.05, 4.69) is 20.6 Å². The third-order valence-electron chi connectivity index (χ3n) is 4.60. The van der Waals surface area contributed by atoms with Gasteiger partial charge in [0.2, 0.25) is 0 Å². The van der Waals surface area contributed by atoms with Gasteiger partial charge >= 0.3 is 0 Å². The fraction of sp³-hybridized carbons (Fsp3) is 0. The van der Waals surface area contributed by atoms with Crippen LogP contribution in [0.3, 0.4) is 0 Å². The van der Waals surface area contributed by atoms with E-state index in [4.69, 9.17) is 0 Å². The molecule has 7 heteroatoms. The summed E-state index contributed by atoms with van der Waals surface area (Å²) in [5.74, 6) is 0.277. The Bertz CT molecular complexity index is 1240. The quantitative estimate of drug-likeness (QED) is 0.464. The largest absolute Gasteiger partial charge is 0.232 e. The minimum Gasteiger partial charge on any atom is -0.232 e. The van der Waals surface area contributed by atoms with E-state index in [0.29, 0.717) is 5.82 Å². The number of aromatic nitrogens is 6. The van der Waals surface area contributed by atoms with Gasteiger partial charge in [-0.2, -0.15) is 9.78 Å². The predicted molar refractivity (Wildman–Crippen MR) is 107 cm³/mol. The Labute approximate surface area is 165 Å². The molecule has 0 amide bonds. The second-order valence-electron chi connectivity index (χ2n) is 6.41. The van der Waals surface area contributed by atoms with Crippen LogP contribution in [0.4, 0.5) is 4.39 Å². The minimum absolute atomic E-state index is 0.296. The van der Waals surface area contributed by atoms with Crippen molar-refractivity contribution in [1.82, 2.24) is 30.0 Å². The van der Waals surface area contributed by atoms with Gasteiger partial charge in [-0.05, 0) is 46.8 Å². The van der Waals surface area contributed by atoms with Gasteiger partial charge in [0.05, 0.1) is 28.8 Å². The maximum Gasteiger partial charge on any atom is 0.190 e. The summed E-state index contributed by atoms with van der Waals surface area (Å²) in [6.07, 6.45) is 1.73. The van der Waals surface area contributed by atoms with Gasteiger partial charge in [0.1, 0.15) is 5.82 Å². The molecule has 2 heterocycles. The summed E-state index contributed by atoms with van der Waals surface area (Å²) >= 11 is 0. The zero-order valence-corrected chi connectivity index (χ0v) is 15.2. The molecule has 6 nitrogen and oxygen atoms in total. The van der Waals surface area contributed by atoms with Gasteiger partial charge < -0.3 is 0 Å². The van der Waals surface area contributed by atoms with Gasteiger partial charge in [-0.15, -0.1) is 5.10 Å². The Morgan fingerprint density at radius 2 is 1.34 bits per heavy atom. The van der Waals surface area contributed by atoms with E-state index in [0.717, 1.165) is 28.2 Å². The van der Waals surface area contributed by atoms with Crippen LogP contribution in [0.5, 0.6) is 0 Å². The lowest BCUT2D eigenvalue weighted by Gasteiger charge is -2.10. The molecule has 0 bridgehead atoms. The summed E-state index contributed by atoms with van der Waals surface area (Å²) in [5.41, 5.74) is 4.14. The number of para-hydroxylation sites is 1. The zero-order chi connectivity index (χ0) is 19.6. The van der Waals surface area contributed by atoms with E-state index >= 15 is 0 Å². The molecule has 3 aromatic carbocycles. The molecule has 0 spiro atoms. The fourth-order valence-electron chi connectivity index (χ4n) is 3.26. The van der Waals surface area contributed by atoms with Crippen LogP contribution >= 0.6 is 0 Å². The van der Waals surface area contributed by atoms with Crippen molar-refractivity contribution in [3.05, 3.63) is 96.9 Å². The number of nitrogens with zero attached hydrogens (tertiary/aromatic N) is 6. The molecular weight excluding hydrogens is 367 g/mol. The number of hydrogen-bond acceptors (Lipinski definition) is 4. The first kappa shape index (κ1) is 17.0. The van der Waals surface area contributed by atoms with Gasteiger partial charge in [-0.25, -0.2) is 9.07 Å². The Hall–Kier alpha value is -4.13. The van der Waals surface area contributed by atoms with Crippen molar-refractivity contribution < 1.29 is 4.39 Å². The number of halogens is 1. The molecule has 5 rings (SSSR count). The molecule has 140 valence electrons. The lowest BCUT2D eigenvalue weighted by Crippen LogP contribution is -2.02. The molecule has 0 saturated heterocycles. The number of rotatable bonds is 4. The van der Waals surface area contributed by atoms with E-state index in [9.17, 15) is 4.39 Å². The Morgan fingerprint density at radius 3 is 2.07 bits per heavy atom. The zero-order valence-electron chi connectivity index (χ0n) is 15.2. The first-order valence-electron chi connectivity index (χ1n) is 9.05. The predicted octanol–water partition coefficient (Wildman–Crippen LogP) is 4.32. The standard InChI is InChI=1S/C22H15FN6/c23-17-11-13-19(14-12-17)28-21(16-7-3-1-4-8-16)20(15-24-28)22-25-26-27-29(22)18-9-5-2-6-10-18/h1-15H. The molecule has 0 aliphatic carbocycles. The second-order valence-corrected chi connectivity index (χ2v) is 6.41. The third-order valence-corrected chi connectivity index (χ3v) is 4.60. The average molecular weight is 382 g/mol. The van der Waals surface area contributed by atoms with E-state index in [1.807, 2.05) is 60.7 Å². The van der Waals surface area contributed by atoms with Crippen LogP contribution in [-0.2, 0) is 0 Å². The summed E-state index contributed by atoms with van der Waals surface area (Å²) in [4.78, 5) is 0. The molecule has 29 heavy (non-hydrogen) atoms. The maximum absolute atomic E-state index is 13.4. The molecule has 0 aliphatic rings. The van der Waals surface area contributed by atoms with Crippen molar-refractivity contribution in [3.8, 4) is 34.0 Å². The van der Waals surface area contributed by atoms with E-state index in [1.165, 1.54) is 12.1 Å². The van der Waals surface area contributed by atoms with Gasteiger partial charge in [0.15, 0.2) is 5.82 Å². The molecule has 2 aromatic heterocycles. The summed E-state index contributed by atoms with van der Waals surface area (Å²) in [6, 6.07) is 25.8. The maximum atomic E-state index is 13.4. The third kappa shape index (κ3) is 3.08. The van der Waals surface area contributed by atoms with Crippen LogP contribution in [0.1, 0.15) is 0 Å². The summed E-state index contributed by atoms with van der Waals surface area (Å²) in [7, 11) is 0. The lowest BCUT2D eigenvalue weighted by molar-refractivity contribution is 0.627. The first-order chi connectivity index (χ1) is 14.3. The summed E-state index contributed by atoms with van der Waals surface area (Å²) in [6.45, 7) is 0. The summed E-state index contributed by atoms with van der Waals surface area (Å²) in [5, 5.41) is 16.9. The molecule has 0 radical (unpaired) electrons. The molecule has 0 saturated carbocycles. The summed E-state index contributed by atoms with van der Waals surface area (Å²) < 4.78 is 16.9. The highest BCUT2D eigenvalue weighted by Crippen LogP contribution is 2.33. The lowest BCUT2D eigenvalue weighted by atomic mass is 10.1. The minimum atomic E-state index is -0.296. The van der Waals surface area contributed by atoms with Crippen molar-refractivity contribution in [3.63, 3.8) is 0 Å². The van der Waals surface area contributed by atoms with Crippen molar-refractivity contribution in [2.75, 3.05) is 0 Å². The van der Waals surface area contributed by atoms with Gasteiger partial charge in [0.25, 0.3) is 0 Å². The number of benzene rings is 3. The fourth-order valence-corrected chi connectivity index (χ4v) is 3.26. The number of tetrazole rings is 1. The Balaban J connectivity index is 1.74. The smallest absolute Gasteiger partial charge is 0.190 e. The number of hydrogen-bond donors (Lipinski definition) is 0. The van der Waals surface area contributed by atoms with Crippen LogP contribution in [0, 0.1) is 5.82 Å². The molecule has 0 N–H and O–H groups in total. The topological polar surface area (TPSA) is 61.4 Å². The normalized spacial score (nSPS) is 10.9. The van der Waals surface area contributed by atoms with Crippen LogP contribution in [0.2, 0.25) is 0 Å². The Kier molecular flexibility index (Phi) is 4.18. The highest BCUT2D eigenvalue weighted by molar-refractivity contribution is 5.79. The first-order valence-corrected chi connectivity index (χ1v) is 9.05. The van der Waals surface area contributed by atoms with E-state index in [1.54, 1.807) is 27.7 Å². The van der Waals surface area contributed by atoms with Gasteiger partial charge in [-0.3, -0.25) is 0 Å². The second kappa shape index (κ2) is 7.12. The van der Waals surface area contributed by atoms with Crippen molar-refractivity contribution in [2.45, 2.75) is 0 Å². The van der Waals surface area contributed by atoms with Crippen molar-refractivity contribution in [2.24, 2.45) is 0 Å². The highest BCUT2D eigenvalue weighted by Gasteiger charge is 2.21. The molecule has 5 aromatic rings. The molecule has 0 aliphatic heterocycles. The van der Waals surface area contributed by atoms with Crippen LogP contribution in [0.15, 0.2) is 91.1 Å². The van der Waals surface area contributed by atoms with Crippen molar-refractivity contribution >= 4 is 0 Å². The molecular formula is C22H15FN6. The average Bonchev–Trinajstić information content (AvgIpc) is 3.43. The van der Waals surface area contributed by atoms with Gasteiger partial charge in [-0.1, -0.05) is 48.5 Å². The molecule has 0 atom stereocenters. The van der Waals surface area contributed by atoms with Crippen LogP contribution < -0.4 is 0 Å². The Morgan fingerprint density at radius 1 is 0.690 bits per heavy atom. The van der Waals surface area contributed by atoms with Crippen LogP contribution in [0.25, 0.3) is 34.0 Å². The molecule has 0 fully saturated rings. The highest BCUT2D eigenvalue weighted by atomic mass is 19.1. The molecule has 0 unspecified atom stereocenters. The SMILES string of the molecule is Fc1ccc(-n2ncc(-c3nnnn3-c3ccccc3)c2-c2ccccc2)cc1. The van der Waals surface area contributed by atoms with Crippen molar-refractivity contribution in [1.29, 1.82) is 0 Å².